The lowest BCUT2D eigenvalue weighted by atomic mass is 10.1. The molecule has 2 unspecified atom stereocenters. The van der Waals surface area contributed by atoms with Gasteiger partial charge in [-0.15, -0.1) is 0 Å². The second-order valence-electron chi connectivity index (χ2n) is 6.77. The molecule has 120 valence electrons. The van der Waals surface area contributed by atoms with Gasteiger partial charge in [0.15, 0.2) is 0 Å². The summed E-state index contributed by atoms with van der Waals surface area (Å²) >= 11 is 0. The lowest BCUT2D eigenvalue weighted by Crippen LogP contribution is -2.24. The smallest absolute Gasteiger partial charge is 0.338 e. The minimum Gasteiger partial charge on any atom is -0.478 e. The molecule has 1 aliphatic carbocycles. The van der Waals surface area contributed by atoms with Crippen molar-refractivity contribution in [3.63, 3.8) is 0 Å². The lowest BCUT2D eigenvalue weighted by molar-refractivity contribution is 0.0697. The Labute approximate surface area is 134 Å². The molecule has 2 aliphatic rings. The average Bonchev–Trinajstić information content (AvgIpc) is 2.92. The quantitative estimate of drug-likeness (QED) is 0.936. The van der Waals surface area contributed by atoms with Gasteiger partial charge in [-0.25, -0.2) is 9.78 Å². The highest BCUT2D eigenvalue weighted by Crippen LogP contribution is 2.46. The zero-order valence-corrected chi connectivity index (χ0v) is 13.4. The topological polar surface area (TPSA) is 71.2 Å². The Morgan fingerprint density at radius 2 is 2.09 bits per heavy atom. The first-order valence-corrected chi connectivity index (χ1v) is 7.99. The third kappa shape index (κ3) is 2.58. The fourth-order valence-corrected chi connectivity index (χ4v) is 3.54. The molecule has 2 atom stereocenters. The van der Waals surface area contributed by atoms with Gasteiger partial charge in [0.25, 0.3) is 0 Å². The van der Waals surface area contributed by atoms with E-state index in [2.05, 4.69) is 23.0 Å². The predicted octanol–water partition coefficient (Wildman–Crippen LogP) is 2.10. The molecule has 1 saturated heterocycles. The van der Waals surface area contributed by atoms with E-state index in [0.29, 0.717) is 6.54 Å². The summed E-state index contributed by atoms with van der Waals surface area (Å²) in [6, 6.07) is 2.16. The van der Waals surface area contributed by atoms with Crippen LogP contribution < -0.4 is 4.90 Å². The van der Waals surface area contributed by atoms with Crippen LogP contribution in [0.3, 0.4) is 0 Å². The number of aryl methyl sites for hydroxylation is 2. The number of anilines is 1. The molecule has 0 radical (unpaired) electrons. The van der Waals surface area contributed by atoms with E-state index in [-0.39, 0.29) is 5.56 Å². The van der Waals surface area contributed by atoms with Gasteiger partial charge in [-0.3, -0.25) is 4.68 Å². The van der Waals surface area contributed by atoms with Gasteiger partial charge < -0.3 is 10.0 Å². The van der Waals surface area contributed by atoms with Crippen molar-refractivity contribution < 1.29 is 9.90 Å². The van der Waals surface area contributed by atoms with Crippen molar-refractivity contribution in [3.05, 3.63) is 40.8 Å². The second-order valence-corrected chi connectivity index (χ2v) is 6.77. The molecule has 1 N–H and O–H groups in total. The molecular weight excluding hydrogens is 292 g/mol. The van der Waals surface area contributed by atoms with Crippen molar-refractivity contribution in [1.82, 2.24) is 14.8 Å². The molecule has 0 aromatic carbocycles. The molecule has 6 heteroatoms. The Kier molecular flexibility index (Phi) is 3.14. The van der Waals surface area contributed by atoms with Crippen molar-refractivity contribution in [2.24, 2.45) is 11.8 Å². The number of rotatable bonds is 4. The van der Waals surface area contributed by atoms with Crippen molar-refractivity contribution in [3.8, 4) is 0 Å². The number of carbonyl (C=O) groups is 1. The van der Waals surface area contributed by atoms with Crippen LogP contribution in [0.5, 0.6) is 0 Å². The third-order valence-corrected chi connectivity index (χ3v) is 4.97. The standard InChI is InChI=1S/C17H20N4O2/c1-10-3-12(8-21-9-15(5-18-21)17(22)23)11(2)19-16(10)20-6-13-4-14(13)7-20/h3,5,9,13-14H,4,6-8H2,1-2H3,(H,22,23). The maximum atomic E-state index is 10.9. The molecule has 2 aromatic rings. The molecule has 4 rings (SSSR count). The maximum Gasteiger partial charge on any atom is 0.338 e. The van der Waals surface area contributed by atoms with Gasteiger partial charge in [-0.2, -0.15) is 5.10 Å². The third-order valence-electron chi connectivity index (χ3n) is 4.97. The minimum atomic E-state index is -0.953. The molecule has 2 fully saturated rings. The number of carboxylic acid groups (broad SMARTS) is 1. The molecule has 1 saturated carbocycles. The molecule has 0 bridgehead atoms. The monoisotopic (exact) mass is 312 g/mol. The van der Waals surface area contributed by atoms with E-state index in [1.54, 1.807) is 10.9 Å². The van der Waals surface area contributed by atoms with Crippen LogP contribution in [0.4, 0.5) is 5.82 Å². The van der Waals surface area contributed by atoms with E-state index in [1.165, 1.54) is 18.2 Å². The summed E-state index contributed by atoms with van der Waals surface area (Å²) in [7, 11) is 0. The zero-order valence-electron chi connectivity index (χ0n) is 13.4. The molecule has 0 amide bonds. The van der Waals surface area contributed by atoms with Gasteiger partial charge >= 0.3 is 5.97 Å². The van der Waals surface area contributed by atoms with E-state index in [9.17, 15) is 4.79 Å². The number of piperidine rings is 1. The fourth-order valence-electron chi connectivity index (χ4n) is 3.54. The summed E-state index contributed by atoms with van der Waals surface area (Å²) in [6.45, 7) is 6.92. The lowest BCUT2D eigenvalue weighted by Gasteiger charge is -2.22. The van der Waals surface area contributed by atoms with Crippen molar-refractivity contribution in [2.75, 3.05) is 18.0 Å². The van der Waals surface area contributed by atoms with Gasteiger partial charge in [0.1, 0.15) is 5.82 Å². The first-order valence-electron chi connectivity index (χ1n) is 7.99. The number of hydrogen-bond donors (Lipinski definition) is 1. The summed E-state index contributed by atoms with van der Waals surface area (Å²) in [5, 5.41) is 13.1. The number of aromatic nitrogens is 3. The summed E-state index contributed by atoms with van der Waals surface area (Å²) in [4.78, 5) is 18.2. The van der Waals surface area contributed by atoms with Crippen LogP contribution in [0, 0.1) is 25.7 Å². The van der Waals surface area contributed by atoms with Gasteiger partial charge in [0, 0.05) is 25.0 Å². The Morgan fingerprint density at radius 1 is 1.35 bits per heavy atom. The normalized spacial score (nSPS) is 22.3. The fraction of sp³-hybridized carbons (Fsp3) is 0.471. The van der Waals surface area contributed by atoms with Gasteiger partial charge in [0.05, 0.1) is 18.3 Å². The van der Waals surface area contributed by atoms with Crippen molar-refractivity contribution >= 4 is 11.8 Å². The van der Waals surface area contributed by atoms with Crippen LogP contribution >= 0.6 is 0 Å². The zero-order chi connectivity index (χ0) is 16.1. The Bertz CT molecular complexity index is 773. The van der Waals surface area contributed by atoms with Gasteiger partial charge in [-0.05, 0) is 49.3 Å². The van der Waals surface area contributed by atoms with E-state index in [0.717, 1.165) is 42.0 Å². The number of hydrogen-bond acceptors (Lipinski definition) is 4. The summed E-state index contributed by atoms with van der Waals surface area (Å²) in [5.74, 6) is 1.92. The van der Waals surface area contributed by atoms with E-state index < -0.39 is 5.97 Å². The Hall–Kier alpha value is -2.37. The van der Waals surface area contributed by atoms with E-state index in [1.807, 2.05) is 6.92 Å². The van der Waals surface area contributed by atoms with Gasteiger partial charge in [0.2, 0.25) is 0 Å². The van der Waals surface area contributed by atoms with Crippen LogP contribution in [-0.4, -0.2) is 38.9 Å². The minimum absolute atomic E-state index is 0.209. The Balaban J connectivity index is 1.56. The molecule has 1 aliphatic heterocycles. The first-order chi connectivity index (χ1) is 11.0. The van der Waals surface area contributed by atoms with Crippen LogP contribution in [0.15, 0.2) is 18.5 Å². The summed E-state index contributed by atoms with van der Waals surface area (Å²) in [6.07, 6.45) is 4.32. The molecule has 3 heterocycles. The SMILES string of the molecule is Cc1cc(Cn2cc(C(=O)O)cn2)c(C)nc1N1CC2CC2C1. The summed E-state index contributed by atoms with van der Waals surface area (Å²) < 4.78 is 1.65. The summed E-state index contributed by atoms with van der Waals surface area (Å²) in [5.41, 5.74) is 3.45. The highest BCUT2D eigenvalue weighted by Gasteiger charge is 2.45. The van der Waals surface area contributed by atoms with Crippen LogP contribution in [0.2, 0.25) is 0 Å². The molecule has 2 aromatic heterocycles. The Morgan fingerprint density at radius 3 is 2.74 bits per heavy atom. The largest absolute Gasteiger partial charge is 0.478 e. The highest BCUT2D eigenvalue weighted by atomic mass is 16.4. The number of carboxylic acids is 1. The highest BCUT2D eigenvalue weighted by molar-refractivity contribution is 5.86. The van der Waals surface area contributed by atoms with E-state index in [4.69, 9.17) is 10.1 Å². The average molecular weight is 312 g/mol. The molecule has 6 nitrogen and oxygen atoms in total. The van der Waals surface area contributed by atoms with Crippen LogP contribution in [0.1, 0.15) is 33.6 Å². The molecular formula is C17H20N4O2. The van der Waals surface area contributed by atoms with Crippen molar-refractivity contribution in [1.29, 1.82) is 0 Å². The maximum absolute atomic E-state index is 10.9. The van der Waals surface area contributed by atoms with E-state index >= 15 is 0 Å². The number of aromatic carboxylic acids is 1. The van der Waals surface area contributed by atoms with Crippen molar-refractivity contribution in [2.45, 2.75) is 26.8 Å². The first kappa shape index (κ1) is 14.2. The number of pyridine rings is 1. The van der Waals surface area contributed by atoms with Crippen LogP contribution in [0.25, 0.3) is 0 Å². The number of fused-ring (bicyclic) bond motifs is 1. The van der Waals surface area contributed by atoms with Crippen LogP contribution in [-0.2, 0) is 6.54 Å². The van der Waals surface area contributed by atoms with Gasteiger partial charge in [-0.1, -0.05) is 0 Å². The number of nitrogens with zero attached hydrogens (tertiary/aromatic N) is 4. The molecule has 23 heavy (non-hydrogen) atoms. The molecule has 0 spiro atoms. The predicted molar refractivity (Wildman–Crippen MR) is 85.8 cm³/mol. The second kappa shape index (κ2) is 5.08.